The lowest BCUT2D eigenvalue weighted by molar-refractivity contribution is 0.263. The summed E-state index contributed by atoms with van der Waals surface area (Å²) >= 11 is 11.2. The standard InChI is InChI=1S/C14H16ClFN2S/c1-14(2)5-3-4-12(14)18-11-7-9(16)8(15)6-10(11)17-13(18)19/h6-7,12H,3-5H2,1-2H3,(H,17,19). The zero-order chi connectivity index (χ0) is 13.8. The molecule has 102 valence electrons. The predicted molar refractivity (Wildman–Crippen MR) is 78.8 cm³/mol. The highest BCUT2D eigenvalue weighted by Crippen LogP contribution is 2.47. The zero-order valence-electron chi connectivity index (χ0n) is 11.0. The van der Waals surface area contributed by atoms with Crippen molar-refractivity contribution in [1.29, 1.82) is 0 Å². The van der Waals surface area contributed by atoms with Gasteiger partial charge in [0.25, 0.3) is 0 Å². The molecule has 2 aromatic rings. The van der Waals surface area contributed by atoms with E-state index < -0.39 is 5.82 Å². The molecule has 5 heteroatoms. The fourth-order valence-electron chi connectivity index (χ4n) is 3.22. The maximum absolute atomic E-state index is 13.7. The largest absolute Gasteiger partial charge is 0.331 e. The van der Waals surface area contributed by atoms with Crippen LogP contribution >= 0.6 is 23.8 Å². The molecule has 0 saturated heterocycles. The van der Waals surface area contributed by atoms with Crippen LogP contribution in [0.25, 0.3) is 11.0 Å². The highest BCUT2D eigenvalue weighted by atomic mass is 35.5. The molecule has 0 aliphatic heterocycles. The van der Waals surface area contributed by atoms with E-state index in [1.165, 1.54) is 18.9 Å². The van der Waals surface area contributed by atoms with Crippen molar-refractivity contribution in [3.63, 3.8) is 0 Å². The van der Waals surface area contributed by atoms with Gasteiger partial charge in [0.15, 0.2) is 4.77 Å². The van der Waals surface area contributed by atoms with Crippen LogP contribution in [0, 0.1) is 16.0 Å². The Labute approximate surface area is 121 Å². The van der Waals surface area contributed by atoms with Crippen LogP contribution in [0.5, 0.6) is 0 Å². The Morgan fingerprint density at radius 2 is 2.21 bits per heavy atom. The Bertz CT molecular complexity index is 701. The molecular weight excluding hydrogens is 283 g/mol. The number of imidazole rings is 1. The monoisotopic (exact) mass is 298 g/mol. The van der Waals surface area contributed by atoms with Crippen LogP contribution in [0.4, 0.5) is 4.39 Å². The molecule has 0 spiro atoms. The van der Waals surface area contributed by atoms with Crippen molar-refractivity contribution in [3.05, 3.63) is 27.7 Å². The molecule has 1 fully saturated rings. The minimum atomic E-state index is -0.396. The Hall–Kier alpha value is -0.870. The maximum atomic E-state index is 13.7. The van der Waals surface area contributed by atoms with E-state index in [2.05, 4.69) is 23.4 Å². The van der Waals surface area contributed by atoms with Crippen molar-refractivity contribution in [2.75, 3.05) is 0 Å². The van der Waals surface area contributed by atoms with Gasteiger partial charge in [0.05, 0.1) is 16.1 Å². The number of nitrogens with one attached hydrogen (secondary N) is 1. The third-order valence-electron chi connectivity index (χ3n) is 4.27. The van der Waals surface area contributed by atoms with E-state index in [1.54, 1.807) is 6.07 Å². The Balaban J connectivity index is 2.26. The quantitative estimate of drug-likeness (QED) is 0.714. The molecule has 1 aliphatic rings. The number of H-pyrrole nitrogens is 1. The third kappa shape index (κ3) is 2.01. The first-order valence-corrected chi connectivity index (χ1v) is 7.28. The van der Waals surface area contributed by atoms with Crippen molar-refractivity contribution >= 4 is 34.9 Å². The summed E-state index contributed by atoms with van der Waals surface area (Å²) in [4.78, 5) is 3.14. The number of aromatic nitrogens is 2. The Morgan fingerprint density at radius 1 is 1.47 bits per heavy atom. The van der Waals surface area contributed by atoms with Gasteiger partial charge in [-0.2, -0.15) is 0 Å². The van der Waals surface area contributed by atoms with Crippen LogP contribution in [0.2, 0.25) is 5.02 Å². The van der Waals surface area contributed by atoms with Gasteiger partial charge in [-0.25, -0.2) is 4.39 Å². The molecule has 1 aromatic carbocycles. The molecule has 1 atom stereocenters. The van der Waals surface area contributed by atoms with Gasteiger partial charge < -0.3 is 9.55 Å². The van der Waals surface area contributed by atoms with E-state index in [-0.39, 0.29) is 10.4 Å². The first-order chi connectivity index (χ1) is 8.90. The maximum Gasteiger partial charge on any atom is 0.178 e. The van der Waals surface area contributed by atoms with E-state index in [9.17, 15) is 4.39 Å². The van der Waals surface area contributed by atoms with Crippen molar-refractivity contribution in [2.45, 2.75) is 39.2 Å². The molecule has 1 heterocycles. The van der Waals surface area contributed by atoms with Crippen LogP contribution in [0.15, 0.2) is 12.1 Å². The van der Waals surface area contributed by atoms with Crippen molar-refractivity contribution in [3.8, 4) is 0 Å². The molecule has 0 amide bonds. The number of hydrogen-bond acceptors (Lipinski definition) is 1. The summed E-state index contributed by atoms with van der Waals surface area (Å²) in [6.07, 6.45) is 3.43. The van der Waals surface area contributed by atoms with Crippen LogP contribution in [-0.2, 0) is 0 Å². The van der Waals surface area contributed by atoms with Crippen molar-refractivity contribution < 1.29 is 4.39 Å². The number of benzene rings is 1. The van der Waals surface area contributed by atoms with Gasteiger partial charge >= 0.3 is 0 Å². The summed E-state index contributed by atoms with van der Waals surface area (Å²) in [6.45, 7) is 4.50. The summed E-state index contributed by atoms with van der Waals surface area (Å²) in [6, 6.07) is 3.41. The zero-order valence-corrected chi connectivity index (χ0v) is 12.5. The average molecular weight is 299 g/mol. The lowest BCUT2D eigenvalue weighted by atomic mass is 9.87. The first kappa shape index (κ1) is 13.1. The van der Waals surface area contributed by atoms with Gasteiger partial charge in [0, 0.05) is 12.1 Å². The summed E-state index contributed by atoms with van der Waals surface area (Å²) in [5.74, 6) is -0.396. The number of nitrogens with zero attached hydrogens (tertiary/aromatic N) is 1. The smallest absolute Gasteiger partial charge is 0.178 e. The summed E-state index contributed by atoms with van der Waals surface area (Å²) in [5, 5.41) is 0.126. The average Bonchev–Trinajstić information content (AvgIpc) is 2.79. The number of halogens is 2. The highest BCUT2D eigenvalue weighted by Gasteiger charge is 2.36. The van der Waals surface area contributed by atoms with Crippen molar-refractivity contribution in [1.82, 2.24) is 9.55 Å². The second-order valence-corrected chi connectivity index (χ2v) is 6.77. The Morgan fingerprint density at radius 3 is 2.84 bits per heavy atom. The molecule has 1 aliphatic carbocycles. The lowest BCUT2D eigenvalue weighted by Gasteiger charge is -2.28. The molecule has 3 rings (SSSR count). The topological polar surface area (TPSA) is 20.7 Å². The Kier molecular flexibility index (Phi) is 2.98. The predicted octanol–water partition coefficient (Wildman–Crippen LogP) is 5.24. The van der Waals surface area contributed by atoms with Gasteiger partial charge in [-0.15, -0.1) is 0 Å². The molecule has 2 nitrogen and oxygen atoms in total. The summed E-state index contributed by atoms with van der Waals surface area (Å²) < 4.78 is 16.4. The van der Waals surface area contributed by atoms with Crippen LogP contribution < -0.4 is 0 Å². The number of fused-ring (bicyclic) bond motifs is 1. The van der Waals surface area contributed by atoms with E-state index >= 15 is 0 Å². The van der Waals surface area contributed by atoms with Crippen molar-refractivity contribution in [2.24, 2.45) is 5.41 Å². The van der Waals surface area contributed by atoms with Gasteiger partial charge in [-0.1, -0.05) is 31.9 Å². The van der Waals surface area contributed by atoms with Crippen LogP contribution in [-0.4, -0.2) is 9.55 Å². The molecule has 1 aromatic heterocycles. The number of aromatic amines is 1. The van der Waals surface area contributed by atoms with E-state index in [0.717, 1.165) is 17.5 Å². The molecule has 1 saturated carbocycles. The van der Waals surface area contributed by atoms with Crippen LogP contribution in [0.1, 0.15) is 39.2 Å². The van der Waals surface area contributed by atoms with Gasteiger partial charge in [0.2, 0.25) is 0 Å². The minimum absolute atomic E-state index is 0.126. The second-order valence-electron chi connectivity index (χ2n) is 5.98. The first-order valence-electron chi connectivity index (χ1n) is 6.49. The number of rotatable bonds is 1. The van der Waals surface area contributed by atoms with E-state index in [4.69, 9.17) is 23.8 Å². The van der Waals surface area contributed by atoms with Gasteiger partial charge in [-0.05, 0) is 36.5 Å². The molecular formula is C14H16ClFN2S. The molecule has 19 heavy (non-hydrogen) atoms. The number of hydrogen-bond donors (Lipinski definition) is 1. The fourth-order valence-corrected chi connectivity index (χ4v) is 3.72. The summed E-state index contributed by atoms with van der Waals surface area (Å²) in [7, 11) is 0. The van der Waals surface area contributed by atoms with E-state index in [0.29, 0.717) is 10.8 Å². The fraction of sp³-hybridized carbons (Fsp3) is 0.500. The molecule has 1 N–H and O–H groups in total. The SMILES string of the molecule is CC1(C)CCCC1n1c(=S)[nH]c2cc(Cl)c(F)cc21. The third-order valence-corrected chi connectivity index (χ3v) is 4.86. The van der Waals surface area contributed by atoms with E-state index in [1.807, 2.05) is 0 Å². The van der Waals surface area contributed by atoms with Gasteiger partial charge in [0.1, 0.15) is 5.82 Å². The van der Waals surface area contributed by atoms with Gasteiger partial charge in [-0.3, -0.25) is 0 Å². The van der Waals surface area contributed by atoms with Crippen LogP contribution in [0.3, 0.4) is 0 Å². The molecule has 0 bridgehead atoms. The molecule has 0 radical (unpaired) electrons. The summed E-state index contributed by atoms with van der Waals surface area (Å²) in [5.41, 5.74) is 1.80. The minimum Gasteiger partial charge on any atom is -0.331 e. The highest BCUT2D eigenvalue weighted by molar-refractivity contribution is 7.71. The molecule has 1 unspecified atom stereocenters. The normalized spacial score (nSPS) is 22.2. The lowest BCUT2D eigenvalue weighted by Crippen LogP contribution is -2.21. The second kappa shape index (κ2) is 4.32.